The molecule has 0 bridgehead atoms. The summed E-state index contributed by atoms with van der Waals surface area (Å²) >= 11 is 3.35. The van der Waals surface area contributed by atoms with E-state index in [9.17, 15) is 5.26 Å². The third-order valence-electron chi connectivity index (χ3n) is 14.4. The van der Waals surface area contributed by atoms with Crippen LogP contribution in [0.3, 0.4) is 0 Å². The Morgan fingerprint density at radius 3 is 1.62 bits per heavy atom. The van der Waals surface area contributed by atoms with E-state index in [-0.39, 0.29) is 22.2 Å². The van der Waals surface area contributed by atoms with Gasteiger partial charge in [0.2, 0.25) is 0 Å². The third kappa shape index (κ3) is 9.87. The fourth-order valence-corrected chi connectivity index (χ4v) is 12.9. The van der Waals surface area contributed by atoms with Gasteiger partial charge in [0.05, 0.1) is 47.7 Å². The number of nitriles is 2. The summed E-state index contributed by atoms with van der Waals surface area (Å²) in [6, 6.07) is 68.7. The van der Waals surface area contributed by atoms with Crippen LogP contribution in [0.4, 0.5) is 34.1 Å². The molecule has 10 heteroatoms. The van der Waals surface area contributed by atoms with E-state index >= 15 is 0 Å². The van der Waals surface area contributed by atoms with E-state index in [0.717, 1.165) is 60.0 Å². The molecular weight excluding hydrogens is 1010 g/mol. The van der Waals surface area contributed by atoms with Gasteiger partial charge in [-0.3, -0.25) is 4.98 Å². The number of aromatic nitrogens is 1. The zero-order chi connectivity index (χ0) is 54.7. The number of thiophene rings is 2. The smallest absolute Gasteiger partial charge is 0.269 e. The van der Waals surface area contributed by atoms with Gasteiger partial charge in [-0.15, -0.1) is 22.7 Å². The Bertz CT molecular complexity index is 4030. The Labute approximate surface area is 469 Å². The summed E-state index contributed by atoms with van der Waals surface area (Å²) in [5.74, 6) is 1.18. The first-order valence-electron chi connectivity index (χ1n) is 25.6. The number of hydrogen-bond donors (Lipinski definition) is 0. The number of hydrogen-bond acceptors (Lipinski definition) is 8. The van der Waals surface area contributed by atoms with Crippen molar-refractivity contribution in [2.24, 2.45) is 0 Å². The normalized spacial score (nSPS) is 14.7. The van der Waals surface area contributed by atoms with E-state index in [2.05, 4.69) is 162 Å². The molecule has 0 spiro atoms. The quantitative estimate of drug-likeness (QED) is 0.100. The molecule has 0 fully saturated rings. The minimum absolute atomic E-state index is 0.0357. The molecule has 0 N–H and O–H groups in total. The van der Waals surface area contributed by atoms with Crippen LogP contribution in [0, 0.1) is 35.8 Å². The van der Waals surface area contributed by atoms with Gasteiger partial charge in [-0.2, -0.15) is 0 Å². The van der Waals surface area contributed by atoms with Gasteiger partial charge >= 0.3 is 0 Å². The van der Waals surface area contributed by atoms with E-state index in [1.807, 2.05) is 103 Å². The molecule has 8 nitrogen and oxygen atoms in total. The van der Waals surface area contributed by atoms with Crippen LogP contribution in [0.25, 0.3) is 48.6 Å². The highest BCUT2D eigenvalue weighted by atomic mass is 32.1. The van der Waals surface area contributed by atoms with Crippen LogP contribution in [0.1, 0.15) is 65.3 Å². The summed E-state index contributed by atoms with van der Waals surface area (Å²) in [7, 11) is 0. The lowest BCUT2D eigenvalue weighted by molar-refractivity contribution is 0.396. The summed E-state index contributed by atoms with van der Waals surface area (Å²) < 4.78 is 6.24. The minimum atomic E-state index is -0.236. The molecule has 2 aliphatic carbocycles. The number of rotatable bonds is 10. The van der Waals surface area contributed by atoms with Gasteiger partial charge in [-0.05, 0) is 143 Å². The zero-order valence-corrected chi connectivity index (χ0v) is 45.4. The molecular formula is C69H49N7OS2. The highest BCUT2D eigenvalue weighted by Gasteiger charge is 2.40. The van der Waals surface area contributed by atoms with Crippen LogP contribution in [0.15, 0.2) is 235 Å². The van der Waals surface area contributed by atoms with Crippen LogP contribution in [0.2, 0.25) is 0 Å². The van der Waals surface area contributed by atoms with Crippen molar-refractivity contribution in [3.8, 4) is 33.2 Å². The predicted molar refractivity (Wildman–Crippen MR) is 323 cm³/mol. The predicted octanol–water partition coefficient (Wildman–Crippen LogP) is 18.9. The third-order valence-corrected chi connectivity index (χ3v) is 16.6. The van der Waals surface area contributed by atoms with E-state index in [0.29, 0.717) is 17.1 Å². The Balaban J connectivity index is 0.000000177. The average Bonchev–Trinajstić information content (AvgIpc) is 4.14. The first-order chi connectivity index (χ1) is 38.5. The fourth-order valence-electron chi connectivity index (χ4n) is 10.4. The van der Waals surface area contributed by atoms with Crippen LogP contribution >= 0.6 is 22.7 Å². The number of nitrogens with zero attached hydrogens (tertiary/aromatic N) is 7. The molecule has 6 aromatic carbocycles. The first-order valence-corrected chi connectivity index (χ1v) is 27.2. The highest BCUT2D eigenvalue weighted by Crippen LogP contribution is 2.55. The van der Waals surface area contributed by atoms with Crippen LogP contribution in [-0.4, -0.2) is 4.98 Å². The van der Waals surface area contributed by atoms with Crippen molar-refractivity contribution in [1.29, 1.82) is 10.5 Å². The molecule has 0 saturated heterocycles. The number of benzene rings is 6. The molecule has 4 heterocycles. The lowest BCUT2D eigenvalue weighted by atomic mass is 9.82. The van der Waals surface area contributed by atoms with Gasteiger partial charge in [0, 0.05) is 59.5 Å². The van der Waals surface area contributed by atoms with E-state index in [1.165, 1.54) is 32.7 Å². The van der Waals surface area contributed by atoms with Crippen LogP contribution < -0.4 is 9.80 Å². The molecule has 0 amide bonds. The first kappa shape index (κ1) is 51.1. The number of ether oxygens (including phenoxy) is 1. The lowest BCUT2D eigenvalue weighted by Gasteiger charge is -2.28. The van der Waals surface area contributed by atoms with Crippen molar-refractivity contribution >= 4 is 74.7 Å². The number of pyridine rings is 1. The van der Waals surface area contributed by atoms with E-state index in [4.69, 9.17) is 28.1 Å². The average molecular weight is 1060 g/mol. The SMILES string of the molecule is [C-]#[N+]/C(C#N)=C1C=C(/C=C/c2cc3c(s2)-c2ccc(N(c4ccccc4)c4ccccc4)cc2C3(C)C)OC(c2ccccc2)=C\1.[C-]#[N+]/C(C#N)=C\c1cc2c(s1)-c1ncc(N(c3ccccc3)c3ccccc3)cc1C2(C)C. The standard InChI is InChI=1S/C41H29N3OS.C28H20N4S/c1-41(2)36-25-32(44(30-15-9-5-10-16-30)31-17-11-6-12-18-31)19-22-35(36)40-37(41)26-34(46-40)21-20-33-23-29(38(27-42)43-3)24-39(45-33)28-13-7-4-8-14-28;1-28(2)24-15-22(32(20-10-6-4-7-11-20)21-12-8-5-9-13-21)18-31-26(24)27-25(28)16-23(33-27)14-19(17-29)30-3/h4-26H,1-2H3;4-16,18H,1-2H3/b21-20+,38-29+;19-14-. The maximum Gasteiger partial charge on any atom is 0.269 e. The molecule has 0 saturated carbocycles. The van der Waals surface area contributed by atoms with Gasteiger partial charge in [-0.1, -0.05) is 137 Å². The van der Waals surface area contributed by atoms with Crippen molar-refractivity contribution < 1.29 is 4.74 Å². The maximum absolute atomic E-state index is 9.55. The van der Waals surface area contributed by atoms with Gasteiger partial charge in [0.25, 0.3) is 11.4 Å². The van der Waals surface area contributed by atoms with Crippen molar-refractivity contribution in [3.05, 3.63) is 296 Å². The minimum Gasteiger partial charge on any atom is -0.457 e. The lowest BCUT2D eigenvalue weighted by Crippen LogP contribution is -2.16. The van der Waals surface area contributed by atoms with Crippen LogP contribution in [0.5, 0.6) is 0 Å². The largest absolute Gasteiger partial charge is 0.457 e. The molecule has 378 valence electrons. The second kappa shape index (κ2) is 21.5. The Morgan fingerprint density at radius 1 is 0.544 bits per heavy atom. The van der Waals surface area contributed by atoms with Gasteiger partial charge in [-0.25, -0.2) is 20.2 Å². The van der Waals surface area contributed by atoms with E-state index < -0.39 is 0 Å². The summed E-state index contributed by atoms with van der Waals surface area (Å²) in [4.78, 5) is 20.6. The molecule has 3 aromatic heterocycles. The Morgan fingerprint density at radius 2 is 1.06 bits per heavy atom. The summed E-state index contributed by atoms with van der Waals surface area (Å²) in [5, 5.41) is 18.7. The monoisotopic (exact) mass is 1060 g/mol. The second-order valence-corrected chi connectivity index (χ2v) is 22.2. The summed E-state index contributed by atoms with van der Waals surface area (Å²) in [6.07, 6.45) is 11.1. The summed E-state index contributed by atoms with van der Waals surface area (Å²) in [6.45, 7) is 23.6. The van der Waals surface area contributed by atoms with E-state index in [1.54, 1.807) is 40.9 Å². The van der Waals surface area contributed by atoms with Crippen molar-refractivity contribution in [2.75, 3.05) is 9.80 Å². The Hall–Kier alpha value is -10.1. The topological polar surface area (TPSA) is 84.9 Å². The zero-order valence-electron chi connectivity index (χ0n) is 43.7. The number of anilines is 6. The van der Waals surface area contributed by atoms with Crippen molar-refractivity contribution in [1.82, 2.24) is 4.98 Å². The molecule has 79 heavy (non-hydrogen) atoms. The number of fused-ring (bicyclic) bond motifs is 6. The fraction of sp³-hybridized carbons (Fsp3) is 0.0870. The molecule has 12 rings (SSSR count). The van der Waals surface area contributed by atoms with Crippen molar-refractivity contribution in [3.63, 3.8) is 0 Å². The van der Waals surface area contributed by atoms with Crippen molar-refractivity contribution in [2.45, 2.75) is 38.5 Å². The molecule has 1 aliphatic heterocycles. The molecule has 0 atom stereocenters. The molecule has 0 radical (unpaired) electrons. The van der Waals surface area contributed by atoms with Gasteiger partial charge in [0.15, 0.2) is 0 Å². The number of allylic oxidation sites excluding steroid dienone is 6. The van der Waals surface area contributed by atoms with Gasteiger partial charge < -0.3 is 14.5 Å². The molecule has 3 aliphatic rings. The molecule has 0 unspecified atom stereocenters. The summed E-state index contributed by atoms with van der Waals surface area (Å²) in [5.41, 5.74) is 14.9. The molecule has 9 aromatic rings. The second-order valence-electron chi connectivity index (χ2n) is 20.0. The number of para-hydroxylation sites is 4. The maximum atomic E-state index is 9.55. The van der Waals surface area contributed by atoms with Gasteiger partial charge in [0.1, 0.15) is 11.5 Å². The van der Waals surface area contributed by atoms with Crippen LogP contribution in [-0.2, 0) is 15.6 Å². The highest BCUT2D eigenvalue weighted by molar-refractivity contribution is 7.17. The Kier molecular flexibility index (Phi) is 13.9.